The molecule has 0 radical (unpaired) electrons. The number of nitrogens with zero attached hydrogens (tertiary/aromatic N) is 2. The topological polar surface area (TPSA) is 46.0 Å². The van der Waals surface area contributed by atoms with Crippen LogP contribution in [0.3, 0.4) is 0 Å². The Labute approximate surface area is 95.9 Å². The van der Waals surface area contributed by atoms with Crippen molar-refractivity contribution < 1.29 is 9.50 Å². The van der Waals surface area contributed by atoms with Gasteiger partial charge in [0.25, 0.3) is 0 Å². The molecular formula is C11H9FN2OS. The Kier molecular flexibility index (Phi) is 3.38. The van der Waals surface area contributed by atoms with Gasteiger partial charge in [-0.1, -0.05) is 0 Å². The molecule has 0 unspecified atom stereocenters. The predicted octanol–water partition coefficient (Wildman–Crippen LogP) is 2.51. The van der Waals surface area contributed by atoms with Crippen molar-refractivity contribution in [3.8, 4) is 11.3 Å². The van der Waals surface area contributed by atoms with Gasteiger partial charge in [0.15, 0.2) is 0 Å². The zero-order valence-corrected chi connectivity index (χ0v) is 9.12. The third-order valence-electron chi connectivity index (χ3n) is 1.99. The molecule has 82 valence electrons. The Balaban J connectivity index is 2.44. The number of hydrogen-bond donors (Lipinski definition) is 1. The van der Waals surface area contributed by atoms with Gasteiger partial charge in [-0.15, -0.1) is 11.3 Å². The lowest BCUT2D eigenvalue weighted by Gasteiger charge is -2.00. The van der Waals surface area contributed by atoms with Crippen LogP contribution in [-0.2, 0) is 0 Å². The van der Waals surface area contributed by atoms with Crippen LogP contribution in [-0.4, -0.2) is 21.7 Å². The van der Waals surface area contributed by atoms with E-state index in [1.54, 1.807) is 30.0 Å². The van der Waals surface area contributed by atoms with E-state index < -0.39 is 5.83 Å². The zero-order valence-electron chi connectivity index (χ0n) is 8.30. The third kappa shape index (κ3) is 2.15. The Hall–Kier alpha value is -1.59. The van der Waals surface area contributed by atoms with Crippen LogP contribution in [0.25, 0.3) is 17.1 Å². The van der Waals surface area contributed by atoms with E-state index in [2.05, 4.69) is 9.97 Å². The summed E-state index contributed by atoms with van der Waals surface area (Å²) in [6.45, 7) is -0.316. The van der Waals surface area contributed by atoms with Crippen LogP contribution in [0.4, 0.5) is 4.39 Å². The molecule has 2 heterocycles. The number of aliphatic hydroxyl groups excluding tert-OH is 1. The summed E-state index contributed by atoms with van der Waals surface area (Å²) in [6.07, 6.45) is 5.84. The van der Waals surface area contributed by atoms with Crippen molar-refractivity contribution >= 4 is 17.2 Å². The minimum atomic E-state index is -0.432. The summed E-state index contributed by atoms with van der Waals surface area (Å²) < 4.78 is 13.6. The Morgan fingerprint density at radius 2 is 2.38 bits per heavy atom. The first-order chi connectivity index (χ1) is 7.83. The highest BCUT2D eigenvalue weighted by atomic mass is 32.1. The van der Waals surface area contributed by atoms with Crippen LogP contribution >= 0.6 is 11.3 Å². The van der Waals surface area contributed by atoms with E-state index in [0.29, 0.717) is 16.1 Å². The highest BCUT2D eigenvalue weighted by Crippen LogP contribution is 2.32. The van der Waals surface area contributed by atoms with Crippen LogP contribution in [0.15, 0.2) is 36.1 Å². The first-order valence-electron chi connectivity index (χ1n) is 4.63. The van der Waals surface area contributed by atoms with Crippen molar-refractivity contribution in [3.05, 3.63) is 41.0 Å². The van der Waals surface area contributed by atoms with E-state index in [4.69, 9.17) is 5.11 Å². The molecule has 0 saturated heterocycles. The third-order valence-corrected chi connectivity index (χ3v) is 2.91. The number of aromatic nitrogens is 2. The Morgan fingerprint density at radius 1 is 1.50 bits per heavy atom. The van der Waals surface area contributed by atoms with Gasteiger partial charge in [0.05, 0.1) is 23.4 Å². The average molecular weight is 236 g/mol. The van der Waals surface area contributed by atoms with Gasteiger partial charge < -0.3 is 5.11 Å². The number of rotatable bonds is 3. The first-order valence-corrected chi connectivity index (χ1v) is 5.51. The molecule has 1 N–H and O–H groups in total. The van der Waals surface area contributed by atoms with Gasteiger partial charge in [0.2, 0.25) is 0 Å². The minimum absolute atomic E-state index is 0.316. The Morgan fingerprint density at radius 3 is 3.06 bits per heavy atom. The minimum Gasteiger partial charge on any atom is -0.392 e. The molecule has 2 aromatic heterocycles. The number of thiophene rings is 1. The van der Waals surface area contributed by atoms with Gasteiger partial charge in [0, 0.05) is 18.0 Å². The molecule has 0 amide bonds. The number of hydrogen-bond acceptors (Lipinski definition) is 4. The lowest BCUT2D eigenvalue weighted by molar-refractivity contribution is 0.342. The van der Waals surface area contributed by atoms with Gasteiger partial charge >= 0.3 is 0 Å². The monoisotopic (exact) mass is 236 g/mol. The molecule has 0 bridgehead atoms. The van der Waals surface area contributed by atoms with Crippen molar-refractivity contribution in [1.29, 1.82) is 0 Å². The van der Waals surface area contributed by atoms with Crippen molar-refractivity contribution in [1.82, 2.24) is 9.97 Å². The van der Waals surface area contributed by atoms with Gasteiger partial charge in [-0.05, 0) is 17.5 Å². The molecule has 2 aromatic rings. The number of halogens is 1. The quantitative estimate of drug-likeness (QED) is 0.890. The molecule has 0 aliphatic carbocycles. The molecule has 5 heteroatoms. The van der Waals surface area contributed by atoms with Crippen molar-refractivity contribution in [2.24, 2.45) is 0 Å². The predicted molar refractivity (Wildman–Crippen MR) is 61.5 cm³/mol. The van der Waals surface area contributed by atoms with Crippen LogP contribution in [0.5, 0.6) is 0 Å². The summed E-state index contributed by atoms with van der Waals surface area (Å²) in [7, 11) is 0. The largest absolute Gasteiger partial charge is 0.392 e. The molecule has 0 atom stereocenters. The zero-order chi connectivity index (χ0) is 11.4. The maximum atomic E-state index is 13.6. The van der Waals surface area contributed by atoms with E-state index in [-0.39, 0.29) is 6.61 Å². The van der Waals surface area contributed by atoms with E-state index in [0.717, 1.165) is 6.08 Å². The van der Waals surface area contributed by atoms with E-state index in [1.807, 2.05) is 0 Å². The highest BCUT2D eigenvalue weighted by Gasteiger charge is 2.11. The van der Waals surface area contributed by atoms with E-state index in [1.165, 1.54) is 11.3 Å². The molecule has 0 fully saturated rings. The fraction of sp³-hybridized carbons (Fsp3) is 0.0909. The molecule has 0 aliphatic heterocycles. The normalized spacial score (nSPS) is 11.8. The molecule has 0 spiro atoms. The molecule has 16 heavy (non-hydrogen) atoms. The molecule has 2 rings (SSSR count). The molecule has 0 saturated carbocycles. The van der Waals surface area contributed by atoms with Gasteiger partial charge in [-0.2, -0.15) is 0 Å². The van der Waals surface area contributed by atoms with Gasteiger partial charge in [-0.25, -0.2) is 4.39 Å². The fourth-order valence-corrected chi connectivity index (χ4v) is 2.14. The molecule has 0 aromatic carbocycles. The standard InChI is InChI=1S/C11H9FN2OS/c12-9(1-5-15)11-8(2-6-16-11)10-7-13-3-4-14-10/h1-4,6-7,15H,5H2. The van der Waals surface area contributed by atoms with Crippen LogP contribution in [0, 0.1) is 0 Å². The van der Waals surface area contributed by atoms with Crippen LogP contribution in [0.1, 0.15) is 4.88 Å². The second kappa shape index (κ2) is 4.96. The maximum Gasteiger partial charge on any atom is 0.139 e. The second-order valence-electron chi connectivity index (χ2n) is 2.99. The summed E-state index contributed by atoms with van der Waals surface area (Å²) >= 11 is 1.27. The van der Waals surface area contributed by atoms with Crippen molar-refractivity contribution in [2.45, 2.75) is 0 Å². The van der Waals surface area contributed by atoms with Crippen LogP contribution in [0.2, 0.25) is 0 Å². The van der Waals surface area contributed by atoms with E-state index >= 15 is 0 Å². The molecular weight excluding hydrogens is 227 g/mol. The van der Waals surface area contributed by atoms with E-state index in [9.17, 15) is 4.39 Å². The summed E-state index contributed by atoms with van der Waals surface area (Å²) in [6, 6.07) is 1.79. The van der Waals surface area contributed by atoms with Gasteiger partial charge in [-0.3, -0.25) is 9.97 Å². The average Bonchev–Trinajstić information content (AvgIpc) is 2.79. The summed E-state index contributed by atoms with van der Waals surface area (Å²) in [5.74, 6) is -0.432. The lowest BCUT2D eigenvalue weighted by atomic mass is 10.2. The molecule has 3 nitrogen and oxygen atoms in total. The lowest BCUT2D eigenvalue weighted by Crippen LogP contribution is -1.86. The summed E-state index contributed by atoms with van der Waals surface area (Å²) in [5, 5.41) is 10.4. The first kappa shape index (κ1) is 10.9. The summed E-state index contributed by atoms with van der Waals surface area (Å²) in [5.41, 5.74) is 1.32. The number of aliphatic hydroxyl groups is 1. The Bertz CT molecular complexity index is 496. The van der Waals surface area contributed by atoms with Crippen molar-refractivity contribution in [2.75, 3.05) is 6.61 Å². The fourth-order valence-electron chi connectivity index (χ4n) is 1.31. The smallest absolute Gasteiger partial charge is 0.139 e. The maximum absolute atomic E-state index is 13.6. The molecule has 0 aliphatic rings. The summed E-state index contributed by atoms with van der Waals surface area (Å²) in [4.78, 5) is 8.52. The van der Waals surface area contributed by atoms with Gasteiger partial charge in [0.1, 0.15) is 5.83 Å². The van der Waals surface area contributed by atoms with Crippen molar-refractivity contribution in [3.63, 3.8) is 0 Å². The second-order valence-corrected chi connectivity index (χ2v) is 3.90. The highest BCUT2D eigenvalue weighted by molar-refractivity contribution is 7.11. The van der Waals surface area contributed by atoms with Crippen LogP contribution < -0.4 is 0 Å². The SMILES string of the molecule is OCC=C(F)c1sccc1-c1cnccn1.